The summed E-state index contributed by atoms with van der Waals surface area (Å²) >= 11 is 4.59. The maximum absolute atomic E-state index is 13.2. The van der Waals surface area contributed by atoms with Crippen LogP contribution in [0.15, 0.2) is 36.4 Å². The number of nitro benzene ring substituents is 1. The van der Waals surface area contributed by atoms with Crippen molar-refractivity contribution >= 4 is 43.2 Å². The molecule has 0 aliphatic carbocycles. The Morgan fingerprint density at radius 3 is 2.81 bits per heavy atom. The van der Waals surface area contributed by atoms with Crippen LogP contribution < -0.4 is 0 Å². The van der Waals surface area contributed by atoms with Crippen LogP contribution >= 0.6 is 27.3 Å². The number of alkyl halides is 1. The monoisotopic (exact) mass is 366 g/mol. The molecule has 106 valence electrons. The molecule has 0 aliphatic rings. The fourth-order valence-corrected chi connectivity index (χ4v) is 3.34. The van der Waals surface area contributed by atoms with Gasteiger partial charge in [0.1, 0.15) is 10.8 Å². The van der Waals surface area contributed by atoms with Gasteiger partial charge in [-0.25, -0.2) is 9.37 Å². The van der Waals surface area contributed by atoms with E-state index in [4.69, 9.17) is 0 Å². The number of nitrogens with zero attached hydrogens (tertiary/aromatic N) is 2. The van der Waals surface area contributed by atoms with Crippen LogP contribution in [0.25, 0.3) is 20.8 Å². The van der Waals surface area contributed by atoms with Gasteiger partial charge in [0.05, 0.1) is 20.7 Å². The van der Waals surface area contributed by atoms with Crippen LogP contribution in [0.4, 0.5) is 10.1 Å². The number of aromatic nitrogens is 1. The molecule has 1 heterocycles. The number of thiazole rings is 1. The minimum Gasteiger partial charge on any atom is -0.258 e. The second-order valence-electron chi connectivity index (χ2n) is 4.37. The van der Waals surface area contributed by atoms with Crippen LogP contribution in [-0.2, 0) is 5.33 Å². The van der Waals surface area contributed by atoms with Gasteiger partial charge in [0, 0.05) is 17.5 Å². The van der Waals surface area contributed by atoms with E-state index in [1.807, 2.05) is 6.07 Å². The van der Waals surface area contributed by atoms with Crippen molar-refractivity contribution in [2.24, 2.45) is 0 Å². The van der Waals surface area contributed by atoms with E-state index in [0.717, 1.165) is 10.3 Å². The van der Waals surface area contributed by atoms with Crippen molar-refractivity contribution in [1.29, 1.82) is 0 Å². The maximum Gasteiger partial charge on any atom is 0.279 e. The lowest BCUT2D eigenvalue weighted by atomic mass is 10.1. The summed E-state index contributed by atoms with van der Waals surface area (Å²) < 4.78 is 14.0. The molecule has 7 heteroatoms. The molecule has 3 aromatic rings. The molecule has 0 aliphatic heterocycles. The Bertz CT molecular complexity index is 850. The van der Waals surface area contributed by atoms with E-state index < -0.39 is 4.92 Å². The molecule has 0 amide bonds. The largest absolute Gasteiger partial charge is 0.279 e. The van der Waals surface area contributed by atoms with E-state index in [-0.39, 0.29) is 11.5 Å². The summed E-state index contributed by atoms with van der Waals surface area (Å²) in [6.45, 7) is 0. The molecule has 0 radical (unpaired) electrons. The van der Waals surface area contributed by atoms with Gasteiger partial charge in [-0.3, -0.25) is 10.1 Å². The zero-order valence-electron chi connectivity index (χ0n) is 10.5. The summed E-state index contributed by atoms with van der Waals surface area (Å²) in [5, 5.41) is 12.3. The second kappa shape index (κ2) is 5.50. The van der Waals surface area contributed by atoms with Gasteiger partial charge in [-0.2, -0.15) is 0 Å². The summed E-state index contributed by atoms with van der Waals surface area (Å²) in [6, 6.07) is 9.33. The van der Waals surface area contributed by atoms with E-state index in [2.05, 4.69) is 20.9 Å². The van der Waals surface area contributed by atoms with Crippen molar-refractivity contribution in [3.8, 4) is 10.6 Å². The van der Waals surface area contributed by atoms with Gasteiger partial charge in [0.2, 0.25) is 0 Å². The molecular formula is C14H8BrFN2O2S. The molecular weight excluding hydrogens is 359 g/mol. The Balaban J connectivity index is 2.19. The highest BCUT2D eigenvalue weighted by Gasteiger charge is 2.19. The quantitative estimate of drug-likeness (QED) is 0.376. The van der Waals surface area contributed by atoms with Crippen molar-refractivity contribution in [2.75, 3.05) is 0 Å². The first-order chi connectivity index (χ1) is 10.1. The van der Waals surface area contributed by atoms with Gasteiger partial charge < -0.3 is 0 Å². The maximum atomic E-state index is 13.2. The van der Waals surface area contributed by atoms with Crippen LogP contribution in [0.2, 0.25) is 0 Å². The van der Waals surface area contributed by atoms with Gasteiger partial charge in [-0.1, -0.05) is 22.0 Å². The van der Waals surface area contributed by atoms with Gasteiger partial charge in [0.15, 0.2) is 0 Å². The Morgan fingerprint density at radius 2 is 2.10 bits per heavy atom. The first kappa shape index (κ1) is 14.1. The predicted octanol–water partition coefficient (Wildman–Crippen LogP) is 4.91. The van der Waals surface area contributed by atoms with Gasteiger partial charge in [0.25, 0.3) is 5.69 Å². The average molecular weight is 367 g/mol. The first-order valence-electron chi connectivity index (χ1n) is 5.98. The number of nitro groups is 1. The molecule has 4 nitrogen and oxygen atoms in total. The SMILES string of the molecule is O=[N+]([O-])c1cc(CBr)ccc1-c1nc2cc(F)ccc2s1. The summed E-state index contributed by atoms with van der Waals surface area (Å²) in [5.74, 6) is -0.372. The van der Waals surface area contributed by atoms with Gasteiger partial charge in [-0.15, -0.1) is 11.3 Å². The fraction of sp³-hybridized carbons (Fsp3) is 0.0714. The number of rotatable bonds is 3. The van der Waals surface area contributed by atoms with E-state index >= 15 is 0 Å². The number of fused-ring (bicyclic) bond motifs is 1. The number of halogens is 2. The Labute approximate surface area is 131 Å². The fourth-order valence-electron chi connectivity index (χ4n) is 2.01. The van der Waals surface area contributed by atoms with Crippen LogP contribution in [0, 0.1) is 15.9 Å². The number of hydrogen-bond donors (Lipinski definition) is 0. The summed E-state index contributed by atoms with van der Waals surface area (Å²) in [7, 11) is 0. The Morgan fingerprint density at radius 1 is 1.29 bits per heavy atom. The van der Waals surface area contributed by atoms with E-state index in [1.54, 1.807) is 12.1 Å². The van der Waals surface area contributed by atoms with Gasteiger partial charge >= 0.3 is 0 Å². The topological polar surface area (TPSA) is 56.0 Å². The van der Waals surface area contributed by atoms with Crippen molar-refractivity contribution in [3.63, 3.8) is 0 Å². The van der Waals surface area contributed by atoms with Crippen molar-refractivity contribution in [1.82, 2.24) is 4.98 Å². The highest BCUT2D eigenvalue weighted by Crippen LogP contribution is 2.36. The van der Waals surface area contributed by atoms with Crippen LogP contribution in [0.3, 0.4) is 0 Å². The highest BCUT2D eigenvalue weighted by atomic mass is 79.9. The highest BCUT2D eigenvalue weighted by molar-refractivity contribution is 9.08. The van der Waals surface area contributed by atoms with Crippen LogP contribution in [-0.4, -0.2) is 9.91 Å². The molecule has 0 atom stereocenters. The third kappa shape index (κ3) is 2.66. The molecule has 0 spiro atoms. The van der Waals surface area contributed by atoms with Crippen LogP contribution in [0.1, 0.15) is 5.56 Å². The molecule has 0 bridgehead atoms. The third-order valence-corrected chi connectivity index (χ3v) is 4.71. The molecule has 0 fully saturated rings. The van der Waals surface area contributed by atoms with E-state index in [1.165, 1.54) is 29.5 Å². The Kier molecular flexibility index (Phi) is 3.69. The summed E-state index contributed by atoms with van der Waals surface area (Å²) in [5.41, 5.74) is 1.78. The zero-order chi connectivity index (χ0) is 15.0. The van der Waals surface area contributed by atoms with E-state index in [9.17, 15) is 14.5 Å². The Hall–Kier alpha value is -1.86. The van der Waals surface area contributed by atoms with Gasteiger partial charge in [-0.05, 0) is 23.8 Å². The lowest BCUT2D eigenvalue weighted by molar-refractivity contribution is -0.384. The first-order valence-corrected chi connectivity index (χ1v) is 7.92. The molecule has 0 saturated carbocycles. The lowest BCUT2D eigenvalue weighted by Gasteiger charge is -2.01. The summed E-state index contributed by atoms with van der Waals surface area (Å²) in [4.78, 5) is 15.1. The second-order valence-corrected chi connectivity index (χ2v) is 5.96. The van der Waals surface area contributed by atoms with Crippen molar-refractivity contribution in [3.05, 3.63) is 57.9 Å². The normalized spacial score (nSPS) is 11.0. The van der Waals surface area contributed by atoms with Crippen LogP contribution in [0.5, 0.6) is 0 Å². The average Bonchev–Trinajstić information content (AvgIpc) is 2.89. The minimum atomic E-state index is -0.422. The smallest absolute Gasteiger partial charge is 0.258 e. The molecule has 0 unspecified atom stereocenters. The lowest BCUT2D eigenvalue weighted by Crippen LogP contribution is -1.93. The standard InChI is InChI=1S/C14H8BrFN2O2S/c15-7-8-1-3-10(12(5-8)18(19)20)14-17-11-6-9(16)2-4-13(11)21-14/h1-6H,7H2. The number of hydrogen-bond acceptors (Lipinski definition) is 4. The molecule has 3 rings (SSSR count). The minimum absolute atomic E-state index is 0.00600. The third-order valence-electron chi connectivity index (χ3n) is 2.99. The molecule has 2 aromatic carbocycles. The summed E-state index contributed by atoms with van der Waals surface area (Å²) in [6.07, 6.45) is 0. The van der Waals surface area contributed by atoms with E-state index in [0.29, 0.717) is 21.4 Å². The number of benzene rings is 2. The van der Waals surface area contributed by atoms with Crippen molar-refractivity contribution < 1.29 is 9.31 Å². The molecule has 21 heavy (non-hydrogen) atoms. The molecule has 0 saturated heterocycles. The molecule has 0 N–H and O–H groups in total. The van der Waals surface area contributed by atoms with Crippen molar-refractivity contribution in [2.45, 2.75) is 5.33 Å². The zero-order valence-corrected chi connectivity index (χ0v) is 12.9. The molecule has 1 aromatic heterocycles. The predicted molar refractivity (Wildman–Crippen MR) is 84.3 cm³/mol.